The second-order valence-corrected chi connectivity index (χ2v) is 13.3. The van der Waals surface area contributed by atoms with Gasteiger partial charge in [-0.05, 0) is 81.9 Å². The number of para-hydroxylation sites is 4. The average molecular weight is 663 g/mol. The normalized spacial score (nSPS) is 12.2. The molecule has 2 heteroatoms. The number of hydrogen-bond acceptors (Lipinski definition) is 0. The summed E-state index contributed by atoms with van der Waals surface area (Å²) in [6, 6.07) is 74.6. The molecule has 0 bridgehead atoms. The zero-order valence-electron chi connectivity index (χ0n) is 28.5. The summed E-state index contributed by atoms with van der Waals surface area (Å²) >= 11 is 0. The molecule has 52 heavy (non-hydrogen) atoms. The minimum absolute atomic E-state index is 1.14. The summed E-state index contributed by atoms with van der Waals surface area (Å²) < 4.78 is 4.76. The number of aromatic nitrogens is 2. The molecule has 0 saturated carbocycles. The number of fused-ring (bicyclic) bond motifs is 6. The minimum Gasteiger partial charge on any atom is -0.309 e. The molecule has 0 radical (unpaired) electrons. The Balaban J connectivity index is 1.17. The fourth-order valence-corrected chi connectivity index (χ4v) is 8.08. The van der Waals surface area contributed by atoms with Gasteiger partial charge in [0.25, 0.3) is 0 Å². The first kappa shape index (κ1) is 30.0. The van der Waals surface area contributed by atoms with Crippen molar-refractivity contribution in [1.29, 1.82) is 0 Å². The smallest absolute Gasteiger partial charge is 0.0541 e. The second-order valence-electron chi connectivity index (χ2n) is 13.3. The van der Waals surface area contributed by atoms with Crippen molar-refractivity contribution < 1.29 is 0 Å². The van der Waals surface area contributed by atoms with Crippen LogP contribution in [0.1, 0.15) is 22.3 Å². The van der Waals surface area contributed by atoms with Crippen molar-refractivity contribution in [2.24, 2.45) is 0 Å². The molecule has 0 atom stereocenters. The third-order valence-corrected chi connectivity index (χ3v) is 10.4. The quantitative estimate of drug-likeness (QED) is 0.157. The van der Waals surface area contributed by atoms with Crippen LogP contribution in [0.5, 0.6) is 0 Å². The molecule has 0 spiro atoms. The molecule has 2 nitrogen and oxygen atoms in total. The summed E-state index contributed by atoms with van der Waals surface area (Å²) in [6.45, 7) is 0. The zero-order chi connectivity index (χ0) is 34.4. The number of rotatable bonds is 6. The third-order valence-electron chi connectivity index (χ3n) is 10.4. The summed E-state index contributed by atoms with van der Waals surface area (Å²) in [5, 5.41) is 5.07. The molecule has 2 heterocycles. The van der Waals surface area contributed by atoms with Gasteiger partial charge in [0.2, 0.25) is 0 Å². The summed E-state index contributed by atoms with van der Waals surface area (Å²) in [6.07, 6.45) is 0. The lowest BCUT2D eigenvalue weighted by atomic mass is 9.85. The lowest BCUT2D eigenvalue weighted by Gasteiger charge is -2.19. The highest BCUT2D eigenvalue weighted by Crippen LogP contribution is 2.39. The minimum atomic E-state index is 1.14. The van der Waals surface area contributed by atoms with E-state index in [0.29, 0.717) is 0 Å². The van der Waals surface area contributed by atoms with E-state index in [1.165, 1.54) is 77.0 Å². The highest BCUT2D eigenvalue weighted by molar-refractivity contribution is 6.10. The topological polar surface area (TPSA) is 9.86 Å². The molecule has 0 aliphatic heterocycles. The molecular formula is C50H34N2. The Morgan fingerprint density at radius 3 is 0.788 bits per heavy atom. The van der Waals surface area contributed by atoms with E-state index >= 15 is 0 Å². The average Bonchev–Trinajstić information content (AvgIpc) is 3.74. The Morgan fingerprint density at radius 2 is 0.481 bits per heavy atom. The molecule has 0 N–H and O–H groups in total. The Morgan fingerprint density at radius 1 is 0.231 bits per heavy atom. The van der Waals surface area contributed by atoms with E-state index in [9.17, 15) is 0 Å². The van der Waals surface area contributed by atoms with Crippen molar-refractivity contribution in [2.75, 3.05) is 0 Å². The Kier molecular flexibility index (Phi) is 7.18. The van der Waals surface area contributed by atoms with Crippen LogP contribution in [-0.4, -0.2) is 9.13 Å². The van der Waals surface area contributed by atoms with E-state index in [1.807, 2.05) is 0 Å². The van der Waals surface area contributed by atoms with Gasteiger partial charge in [-0.25, -0.2) is 0 Å². The van der Waals surface area contributed by atoms with E-state index in [1.54, 1.807) is 0 Å². The molecule has 2 aromatic heterocycles. The van der Waals surface area contributed by atoms with Crippen molar-refractivity contribution in [2.45, 2.75) is 0 Å². The fourth-order valence-electron chi connectivity index (χ4n) is 8.08. The zero-order valence-corrected chi connectivity index (χ0v) is 28.5. The molecule has 10 rings (SSSR count). The highest BCUT2D eigenvalue weighted by Gasteiger charge is 2.18. The highest BCUT2D eigenvalue weighted by atomic mass is 15.0. The van der Waals surface area contributed by atoms with E-state index in [-0.39, 0.29) is 0 Å². The lowest BCUT2D eigenvalue weighted by molar-refractivity contribution is 1.18. The molecule has 244 valence electrons. The number of nitrogens with zero attached hydrogens (tertiary/aromatic N) is 2. The second kappa shape index (κ2) is 12.5. The SMILES string of the molecule is c1ccc(/C(=C(\c2ccccc2)c2ccc(-n3c4ccccc4c4ccccc43)cc2)c2ccc(-n3c4ccccc4c4ccccc43)cc2)cc1. The summed E-state index contributed by atoms with van der Waals surface area (Å²) in [5.41, 5.74) is 14.2. The molecule has 0 aliphatic rings. The van der Waals surface area contributed by atoms with Crippen LogP contribution in [0.15, 0.2) is 206 Å². The van der Waals surface area contributed by atoms with Crippen LogP contribution >= 0.6 is 0 Å². The Labute approximate surface area is 302 Å². The van der Waals surface area contributed by atoms with Gasteiger partial charge in [0.15, 0.2) is 0 Å². The standard InChI is InChI=1S/C50H34N2/c1-3-15-35(16-4-1)49(37-27-31-39(32-28-37)51-45-23-11-7-19-41(45)42-20-8-12-24-46(42)51)50(36-17-5-2-6-18-36)38-29-33-40(34-30-38)52-47-25-13-9-21-43(47)44-22-10-14-26-48(44)52/h1-34H/b50-49-. The summed E-state index contributed by atoms with van der Waals surface area (Å²) in [7, 11) is 0. The van der Waals surface area contributed by atoms with Crippen molar-refractivity contribution in [3.8, 4) is 11.4 Å². The monoisotopic (exact) mass is 662 g/mol. The molecule has 0 fully saturated rings. The van der Waals surface area contributed by atoms with Gasteiger partial charge in [-0.2, -0.15) is 0 Å². The van der Waals surface area contributed by atoms with Gasteiger partial charge >= 0.3 is 0 Å². The van der Waals surface area contributed by atoms with Crippen LogP contribution in [0, 0.1) is 0 Å². The molecule has 8 aromatic carbocycles. The molecule has 0 unspecified atom stereocenters. The van der Waals surface area contributed by atoms with Crippen LogP contribution < -0.4 is 0 Å². The van der Waals surface area contributed by atoms with Gasteiger partial charge in [-0.1, -0.05) is 158 Å². The first-order chi connectivity index (χ1) is 25.8. The van der Waals surface area contributed by atoms with Gasteiger partial charge in [0.1, 0.15) is 0 Å². The van der Waals surface area contributed by atoms with E-state index in [2.05, 4.69) is 215 Å². The maximum atomic E-state index is 2.38. The molecule has 0 amide bonds. The van der Waals surface area contributed by atoms with Gasteiger partial charge in [-0.15, -0.1) is 0 Å². The van der Waals surface area contributed by atoms with Gasteiger partial charge in [0.05, 0.1) is 22.1 Å². The van der Waals surface area contributed by atoms with Gasteiger partial charge < -0.3 is 9.13 Å². The van der Waals surface area contributed by atoms with Crippen molar-refractivity contribution in [3.05, 3.63) is 229 Å². The maximum Gasteiger partial charge on any atom is 0.0541 e. The van der Waals surface area contributed by atoms with Crippen LogP contribution in [0.4, 0.5) is 0 Å². The summed E-state index contributed by atoms with van der Waals surface area (Å²) in [5.74, 6) is 0. The fraction of sp³-hybridized carbons (Fsp3) is 0. The lowest BCUT2D eigenvalue weighted by Crippen LogP contribution is -2.00. The molecule has 10 aromatic rings. The van der Waals surface area contributed by atoms with Crippen molar-refractivity contribution in [3.63, 3.8) is 0 Å². The molecule has 0 saturated heterocycles. The van der Waals surface area contributed by atoms with Crippen LogP contribution in [-0.2, 0) is 0 Å². The van der Waals surface area contributed by atoms with E-state index < -0.39 is 0 Å². The van der Waals surface area contributed by atoms with Crippen molar-refractivity contribution in [1.82, 2.24) is 9.13 Å². The molecule has 0 aliphatic carbocycles. The summed E-state index contributed by atoms with van der Waals surface area (Å²) in [4.78, 5) is 0. The molecular weight excluding hydrogens is 629 g/mol. The van der Waals surface area contributed by atoms with Crippen LogP contribution in [0.3, 0.4) is 0 Å². The number of benzene rings is 8. The first-order valence-electron chi connectivity index (χ1n) is 17.9. The van der Waals surface area contributed by atoms with Crippen molar-refractivity contribution >= 4 is 54.8 Å². The van der Waals surface area contributed by atoms with E-state index in [4.69, 9.17) is 0 Å². The Bertz CT molecular complexity index is 2600. The largest absolute Gasteiger partial charge is 0.309 e. The predicted octanol–water partition coefficient (Wildman–Crippen LogP) is 12.9. The van der Waals surface area contributed by atoms with E-state index in [0.717, 1.165) is 11.4 Å². The Hall–Kier alpha value is -6.90. The maximum absolute atomic E-state index is 2.38. The first-order valence-corrected chi connectivity index (χ1v) is 17.9. The van der Waals surface area contributed by atoms with Crippen LogP contribution in [0.2, 0.25) is 0 Å². The predicted molar refractivity (Wildman–Crippen MR) is 219 cm³/mol. The van der Waals surface area contributed by atoms with Gasteiger partial charge in [-0.3, -0.25) is 0 Å². The third kappa shape index (κ3) is 4.88. The van der Waals surface area contributed by atoms with Gasteiger partial charge in [0, 0.05) is 32.9 Å². The van der Waals surface area contributed by atoms with Crippen LogP contribution in [0.25, 0.3) is 66.1 Å². The number of hydrogen-bond donors (Lipinski definition) is 0.